The van der Waals surface area contributed by atoms with Crippen LogP contribution >= 0.6 is 11.6 Å². The minimum Gasteiger partial charge on any atom is -0.478 e. The van der Waals surface area contributed by atoms with Gasteiger partial charge in [0.15, 0.2) is 0 Å². The molecule has 4 nitrogen and oxygen atoms in total. The van der Waals surface area contributed by atoms with E-state index in [-0.39, 0.29) is 5.56 Å². The summed E-state index contributed by atoms with van der Waals surface area (Å²) in [5.74, 6) is -0.488. The summed E-state index contributed by atoms with van der Waals surface area (Å²) in [5.41, 5.74) is 1.82. The quantitative estimate of drug-likeness (QED) is 0.940. The van der Waals surface area contributed by atoms with Crippen LogP contribution < -0.4 is 0 Å². The van der Waals surface area contributed by atoms with Crippen molar-refractivity contribution in [3.63, 3.8) is 0 Å². The maximum atomic E-state index is 11.3. The molecule has 1 atom stereocenters. The number of carbonyl (C=O) groups is 1. The van der Waals surface area contributed by atoms with E-state index in [1.165, 1.54) is 0 Å². The number of aromatic carboxylic acids is 1. The Kier molecular flexibility index (Phi) is 3.21. The van der Waals surface area contributed by atoms with Crippen LogP contribution in [-0.4, -0.2) is 28.7 Å². The average Bonchev–Trinajstić information content (AvgIpc) is 2.99. The lowest BCUT2D eigenvalue weighted by Crippen LogP contribution is -2.05. The molecule has 19 heavy (non-hydrogen) atoms. The van der Waals surface area contributed by atoms with Gasteiger partial charge in [0, 0.05) is 25.1 Å². The van der Waals surface area contributed by atoms with E-state index in [1.54, 1.807) is 12.1 Å². The van der Waals surface area contributed by atoms with Gasteiger partial charge in [-0.25, -0.2) is 4.79 Å². The highest BCUT2D eigenvalue weighted by Crippen LogP contribution is 2.27. The van der Waals surface area contributed by atoms with E-state index in [2.05, 4.69) is 0 Å². The molecule has 0 radical (unpaired) electrons. The van der Waals surface area contributed by atoms with Gasteiger partial charge in [-0.3, -0.25) is 0 Å². The third-order valence-corrected chi connectivity index (χ3v) is 3.88. The molecular formula is C14H14ClNO3. The minimum absolute atomic E-state index is 0.263. The summed E-state index contributed by atoms with van der Waals surface area (Å²) < 4.78 is 7.25. The zero-order chi connectivity index (χ0) is 13.4. The van der Waals surface area contributed by atoms with Gasteiger partial charge >= 0.3 is 5.97 Å². The van der Waals surface area contributed by atoms with E-state index in [9.17, 15) is 9.90 Å². The van der Waals surface area contributed by atoms with E-state index < -0.39 is 5.97 Å². The summed E-state index contributed by atoms with van der Waals surface area (Å²) in [6.45, 7) is 1.54. The lowest BCUT2D eigenvalue weighted by Gasteiger charge is -2.08. The molecular weight excluding hydrogens is 266 g/mol. The number of rotatable bonds is 3. The van der Waals surface area contributed by atoms with Gasteiger partial charge in [0.05, 0.1) is 16.1 Å². The van der Waals surface area contributed by atoms with E-state index in [1.807, 2.05) is 16.7 Å². The Morgan fingerprint density at radius 3 is 3.11 bits per heavy atom. The highest BCUT2D eigenvalue weighted by Gasteiger charge is 2.21. The molecule has 3 rings (SSSR count). The summed E-state index contributed by atoms with van der Waals surface area (Å²) >= 11 is 6.13. The smallest absolute Gasteiger partial charge is 0.337 e. The lowest BCUT2D eigenvalue weighted by atomic mass is 10.0. The first-order chi connectivity index (χ1) is 9.16. The fraction of sp³-hybridized carbons (Fsp3) is 0.357. The molecule has 0 aliphatic carbocycles. The molecule has 100 valence electrons. The number of fused-ring (bicyclic) bond motifs is 1. The predicted octanol–water partition coefficient (Wildman–Crippen LogP) is 2.87. The summed E-state index contributed by atoms with van der Waals surface area (Å²) in [7, 11) is 0. The van der Waals surface area contributed by atoms with Crippen LogP contribution in [-0.2, 0) is 11.2 Å². The number of hydrogen-bond acceptors (Lipinski definition) is 2. The average molecular weight is 280 g/mol. The van der Waals surface area contributed by atoms with E-state index in [0.717, 1.165) is 31.7 Å². The van der Waals surface area contributed by atoms with Crippen molar-refractivity contribution in [2.24, 2.45) is 5.92 Å². The molecule has 0 spiro atoms. The number of aromatic nitrogens is 1. The van der Waals surface area contributed by atoms with E-state index in [4.69, 9.17) is 16.3 Å². The Balaban J connectivity index is 2.09. The lowest BCUT2D eigenvalue weighted by molar-refractivity contribution is 0.0699. The van der Waals surface area contributed by atoms with E-state index >= 15 is 0 Å². The third kappa shape index (κ3) is 2.22. The SMILES string of the molecule is O=C(O)c1cc(CC2CCOC2)n2cccc(Cl)c12. The summed E-state index contributed by atoms with van der Waals surface area (Å²) in [6.07, 6.45) is 3.70. The molecule has 1 fully saturated rings. The Morgan fingerprint density at radius 1 is 1.58 bits per heavy atom. The second-order valence-corrected chi connectivity index (χ2v) is 5.27. The third-order valence-electron chi connectivity index (χ3n) is 3.57. The van der Waals surface area contributed by atoms with Crippen LogP contribution in [0.4, 0.5) is 0 Å². The van der Waals surface area contributed by atoms with Crippen molar-refractivity contribution in [2.45, 2.75) is 12.8 Å². The minimum atomic E-state index is -0.945. The fourth-order valence-corrected chi connectivity index (χ4v) is 2.91. The molecule has 0 aromatic carbocycles. The zero-order valence-electron chi connectivity index (χ0n) is 10.3. The van der Waals surface area contributed by atoms with E-state index in [0.29, 0.717) is 16.5 Å². The van der Waals surface area contributed by atoms with Gasteiger partial charge in [-0.05, 0) is 37.0 Å². The van der Waals surface area contributed by atoms with Crippen LogP contribution in [0, 0.1) is 5.92 Å². The van der Waals surface area contributed by atoms with Crippen LogP contribution in [0.3, 0.4) is 0 Å². The first kappa shape index (κ1) is 12.5. The highest BCUT2D eigenvalue weighted by molar-refractivity contribution is 6.34. The van der Waals surface area contributed by atoms with Gasteiger partial charge in [-0.1, -0.05) is 11.6 Å². The normalized spacial score (nSPS) is 19.1. The van der Waals surface area contributed by atoms with Crippen LogP contribution in [0.2, 0.25) is 5.02 Å². The Morgan fingerprint density at radius 2 is 2.42 bits per heavy atom. The maximum absolute atomic E-state index is 11.3. The van der Waals surface area contributed by atoms with Crippen molar-refractivity contribution >= 4 is 23.1 Å². The molecule has 0 bridgehead atoms. The first-order valence-electron chi connectivity index (χ1n) is 6.26. The van der Waals surface area contributed by atoms with Crippen molar-refractivity contribution in [3.8, 4) is 0 Å². The van der Waals surface area contributed by atoms with Crippen LogP contribution in [0.25, 0.3) is 5.52 Å². The Bertz CT molecular complexity index is 629. The molecule has 1 unspecified atom stereocenters. The molecule has 1 aliphatic rings. The second-order valence-electron chi connectivity index (χ2n) is 4.86. The highest BCUT2D eigenvalue weighted by atomic mass is 35.5. The molecule has 2 aromatic heterocycles. The molecule has 1 aliphatic heterocycles. The topological polar surface area (TPSA) is 50.9 Å². The Labute approximate surface area is 115 Å². The standard InChI is InChI=1S/C14H14ClNO3/c15-12-2-1-4-16-10(6-9-3-5-19-8-9)7-11(13(12)16)14(17)18/h1-2,4,7,9H,3,5-6,8H2,(H,17,18). The van der Waals surface area contributed by atoms with Crippen molar-refractivity contribution in [1.82, 2.24) is 4.40 Å². The van der Waals surface area contributed by atoms with Gasteiger partial charge in [-0.2, -0.15) is 0 Å². The van der Waals surface area contributed by atoms with Gasteiger partial charge in [0.2, 0.25) is 0 Å². The largest absolute Gasteiger partial charge is 0.478 e. The van der Waals surface area contributed by atoms with Crippen molar-refractivity contribution in [3.05, 3.63) is 40.7 Å². The molecule has 1 saturated heterocycles. The number of carboxylic acid groups (broad SMARTS) is 1. The fourth-order valence-electron chi connectivity index (χ4n) is 2.64. The molecule has 0 amide bonds. The molecule has 0 saturated carbocycles. The predicted molar refractivity (Wildman–Crippen MR) is 72.0 cm³/mol. The van der Waals surface area contributed by atoms with Gasteiger partial charge in [-0.15, -0.1) is 0 Å². The second kappa shape index (κ2) is 4.87. The number of hydrogen-bond donors (Lipinski definition) is 1. The van der Waals surface area contributed by atoms with Crippen molar-refractivity contribution in [1.29, 1.82) is 0 Å². The van der Waals surface area contributed by atoms with Gasteiger partial charge in [0.1, 0.15) is 0 Å². The molecule has 2 aromatic rings. The monoisotopic (exact) mass is 279 g/mol. The first-order valence-corrected chi connectivity index (χ1v) is 6.64. The van der Waals surface area contributed by atoms with Gasteiger partial charge in [0.25, 0.3) is 0 Å². The molecule has 5 heteroatoms. The number of ether oxygens (including phenoxy) is 1. The van der Waals surface area contributed by atoms with Crippen molar-refractivity contribution < 1.29 is 14.6 Å². The molecule has 1 N–H and O–H groups in total. The summed E-state index contributed by atoms with van der Waals surface area (Å²) in [4.78, 5) is 11.3. The Hall–Kier alpha value is -1.52. The number of pyridine rings is 1. The number of halogens is 1. The summed E-state index contributed by atoms with van der Waals surface area (Å²) in [6, 6.07) is 5.27. The van der Waals surface area contributed by atoms with Gasteiger partial charge < -0.3 is 14.2 Å². The number of carboxylic acids is 1. The van der Waals surface area contributed by atoms with Crippen molar-refractivity contribution in [2.75, 3.05) is 13.2 Å². The van der Waals surface area contributed by atoms with Crippen LogP contribution in [0.15, 0.2) is 24.4 Å². The molecule has 3 heterocycles. The summed E-state index contributed by atoms with van der Waals surface area (Å²) in [5, 5.41) is 9.75. The number of nitrogens with zero attached hydrogens (tertiary/aromatic N) is 1. The van der Waals surface area contributed by atoms with Crippen LogP contribution in [0.1, 0.15) is 22.5 Å². The maximum Gasteiger partial charge on any atom is 0.337 e. The zero-order valence-corrected chi connectivity index (χ0v) is 11.1. The van der Waals surface area contributed by atoms with Crippen LogP contribution in [0.5, 0.6) is 0 Å².